The SMILES string of the molecule is COCCOC(C)(C)OCCCC(=O)N1C(=O)CCC1=O. The van der Waals surface area contributed by atoms with Gasteiger partial charge >= 0.3 is 0 Å². The third kappa shape index (κ3) is 5.91. The van der Waals surface area contributed by atoms with Crippen molar-refractivity contribution < 1.29 is 28.6 Å². The van der Waals surface area contributed by atoms with Gasteiger partial charge in [0.1, 0.15) is 0 Å². The van der Waals surface area contributed by atoms with Crippen LogP contribution in [0.2, 0.25) is 0 Å². The van der Waals surface area contributed by atoms with E-state index in [0.29, 0.717) is 26.2 Å². The number of rotatable bonds is 9. The second-order valence-electron chi connectivity index (χ2n) is 5.21. The van der Waals surface area contributed by atoms with Crippen molar-refractivity contribution in [3.63, 3.8) is 0 Å². The molecule has 120 valence electrons. The number of carbonyl (C=O) groups is 3. The molecular weight excluding hydrogens is 278 g/mol. The van der Waals surface area contributed by atoms with Gasteiger partial charge in [-0.2, -0.15) is 0 Å². The van der Waals surface area contributed by atoms with Gasteiger partial charge in [0.05, 0.1) is 19.8 Å². The first-order valence-electron chi connectivity index (χ1n) is 7.03. The molecule has 7 nitrogen and oxygen atoms in total. The Labute approximate surface area is 124 Å². The second kappa shape index (κ2) is 8.21. The molecule has 1 heterocycles. The molecular formula is C14H23NO6. The molecule has 0 spiro atoms. The van der Waals surface area contributed by atoms with Crippen LogP contribution in [0.15, 0.2) is 0 Å². The zero-order chi connectivity index (χ0) is 15.9. The Hall–Kier alpha value is -1.31. The van der Waals surface area contributed by atoms with Gasteiger partial charge in [0.2, 0.25) is 17.7 Å². The summed E-state index contributed by atoms with van der Waals surface area (Å²) in [5.74, 6) is -2.03. The van der Waals surface area contributed by atoms with Crippen molar-refractivity contribution in [1.29, 1.82) is 0 Å². The van der Waals surface area contributed by atoms with Crippen LogP contribution in [0.4, 0.5) is 0 Å². The highest BCUT2D eigenvalue weighted by molar-refractivity contribution is 6.14. The Balaban J connectivity index is 2.22. The maximum absolute atomic E-state index is 11.8. The highest BCUT2D eigenvalue weighted by Gasteiger charge is 2.33. The molecule has 0 aromatic carbocycles. The summed E-state index contributed by atoms with van der Waals surface area (Å²) in [5.41, 5.74) is 0. The minimum Gasteiger partial charge on any atom is -0.382 e. The average molecular weight is 301 g/mol. The van der Waals surface area contributed by atoms with Crippen LogP contribution in [0.25, 0.3) is 0 Å². The molecule has 1 saturated heterocycles. The maximum Gasteiger partial charge on any atom is 0.236 e. The lowest BCUT2D eigenvalue weighted by Gasteiger charge is -2.25. The van der Waals surface area contributed by atoms with Crippen LogP contribution < -0.4 is 0 Å². The summed E-state index contributed by atoms with van der Waals surface area (Å²) in [6.07, 6.45) is 0.779. The van der Waals surface area contributed by atoms with Crippen molar-refractivity contribution in [2.75, 3.05) is 26.9 Å². The lowest BCUT2D eigenvalue weighted by molar-refractivity contribution is -0.218. The van der Waals surface area contributed by atoms with Crippen LogP contribution in [0, 0.1) is 0 Å². The van der Waals surface area contributed by atoms with E-state index in [1.807, 2.05) is 0 Å². The minimum absolute atomic E-state index is 0.103. The van der Waals surface area contributed by atoms with Gasteiger partial charge in [0, 0.05) is 26.4 Å². The third-order valence-corrected chi connectivity index (χ3v) is 3.02. The largest absolute Gasteiger partial charge is 0.382 e. The number of nitrogens with zero attached hydrogens (tertiary/aromatic N) is 1. The topological polar surface area (TPSA) is 82.1 Å². The molecule has 0 N–H and O–H groups in total. The van der Waals surface area contributed by atoms with Gasteiger partial charge in [0.25, 0.3) is 0 Å². The van der Waals surface area contributed by atoms with Gasteiger partial charge in [-0.15, -0.1) is 0 Å². The van der Waals surface area contributed by atoms with E-state index in [9.17, 15) is 14.4 Å². The first-order chi connectivity index (χ1) is 9.87. The Morgan fingerprint density at radius 3 is 2.24 bits per heavy atom. The summed E-state index contributed by atoms with van der Waals surface area (Å²) >= 11 is 0. The molecule has 1 aliphatic heterocycles. The molecule has 7 heteroatoms. The van der Waals surface area contributed by atoms with E-state index in [2.05, 4.69) is 0 Å². The lowest BCUT2D eigenvalue weighted by atomic mass is 10.3. The van der Waals surface area contributed by atoms with Crippen LogP contribution >= 0.6 is 0 Å². The number of ether oxygens (including phenoxy) is 3. The molecule has 0 aromatic rings. The minimum atomic E-state index is -0.763. The molecule has 1 fully saturated rings. The van der Waals surface area contributed by atoms with E-state index in [-0.39, 0.29) is 19.3 Å². The van der Waals surface area contributed by atoms with Gasteiger partial charge < -0.3 is 14.2 Å². The van der Waals surface area contributed by atoms with Crippen LogP contribution in [-0.4, -0.2) is 55.3 Å². The summed E-state index contributed by atoms with van der Waals surface area (Å²) in [4.78, 5) is 35.3. The molecule has 21 heavy (non-hydrogen) atoms. The fourth-order valence-electron chi connectivity index (χ4n) is 1.92. The van der Waals surface area contributed by atoms with Crippen molar-refractivity contribution in [1.82, 2.24) is 4.90 Å². The molecule has 0 bridgehead atoms. The molecule has 0 atom stereocenters. The zero-order valence-electron chi connectivity index (χ0n) is 12.8. The zero-order valence-corrected chi connectivity index (χ0v) is 12.8. The number of hydrogen-bond acceptors (Lipinski definition) is 6. The monoisotopic (exact) mass is 301 g/mol. The first kappa shape index (κ1) is 17.7. The van der Waals surface area contributed by atoms with Crippen molar-refractivity contribution >= 4 is 17.7 Å². The van der Waals surface area contributed by atoms with Gasteiger partial charge in [-0.3, -0.25) is 14.4 Å². The molecule has 1 rings (SSSR count). The molecule has 3 amide bonds. The second-order valence-corrected chi connectivity index (χ2v) is 5.21. The molecule has 0 unspecified atom stereocenters. The summed E-state index contributed by atoms with van der Waals surface area (Å²) < 4.78 is 15.9. The normalized spacial score (nSPS) is 15.9. The number of methoxy groups -OCH3 is 1. The first-order valence-corrected chi connectivity index (χ1v) is 7.03. The third-order valence-electron chi connectivity index (χ3n) is 3.02. The van der Waals surface area contributed by atoms with Crippen molar-refractivity contribution in [2.24, 2.45) is 0 Å². The lowest BCUT2D eigenvalue weighted by Crippen LogP contribution is -2.36. The van der Waals surface area contributed by atoms with E-state index >= 15 is 0 Å². The smallest absolute Gasteiger partial charge is 0.236 e. The summed E-state index contributed by atoms with van der Waals surface area (Å²) in [6.45, 7) is 4.75. The Bertz CT molecular complexity index is 377. The fraction of sp³-hybridized carbons (Fsp3) is 0.786. The van der Waals surface area contributed by atoms with Crippen molar-refractivity contribution in [2.45, 2.75) is 45.3 Å². The summed E-state index contributed by atoms with van der Waals surface area (Å²) in [6, 6.07) is 0. The number of amides is 3. The highest BCUT2D eigenvalue weighted by atomic mass is 16.7. The Morgan fingerprint density at radius 2 is 1.67 bits per heavy atom. The predicted octanol–water partition coefficient (Wildman–Crippen LogP) is 0.858. The van der Waals surface area contributed by atoms with E-state index in [0.717, 1.165) is 4.90 Å². The summed E-state index contributed by atoms with van der Waals surface area (Å²) in [7, 11) is 1.59. The average Bonchev–Trinajstić information content (AvgIpc) is 2.74. The predicted molar refractivity (Wildman–Crippen MR) is 73.2 cm³/mol. The Kier molecular flexibility index (Phi) is 6.94. The van der Waals surface area contributed by atoms with Gasteiger partial charge in [-0.25, -0.2) is 4.90 Å². The van der Waals surface area contributed by atoms with Gasteiger partial charge in [-0.05, 0) is 20.3 Å². The van der Waals surface area contributed by atoms with Crippen LogP contribution in [0.5, 0.6) is 0 Å². The van der Waals surface area contributed by atoms with Crippen molar-refractivity contribution in [3.8, 4) is 0 Å². The molecule has 0 radical (unpaired) electrons. The van der Waals surface area contributed by atoms with Gasteiger partial charge in [-0.1, -0.05) is 0 Å². The number of likely N-dealkylation sites (tertiary alicyclic amines) is 1. The highest BCUT2D eigenvalue weighted by Crippen LogP contribution is 2.15. The fourth-order valence-corrected chi connectivity index (χ4v) is 1.92. The molecule has 0 aromatic heterocycles. The standard InChI is InChI=1S/C14H23NO6/c1-14(2,21-10-9-19-3)20-8-4-5-11(16)15-12(17)6-7-13(15)18/h4-10H2,1-3H3. The maximum atomic E-state index is 11.8. The molecule has 0 aliphatic carbocycles. The molecule has 1 aliphatic rings. The number of carbonyl (C=O) groups excluding carboxylic acids is 3. The summed E-state index contributed by atoms with van der Waals surface area (Å²) in [5, 5.41) is 0. The number of hydrogen-bond donors (Lipinski definition) is 0. The van der Waals surface area contributed by atoms with E-state index in [4.69, 9.17) is 14.2 Å². The molecule has 0 saturated carbocycles. The van der Waals surface area contributed by atoms with E-state index in [1.54, 1.807) is 21.0 Å². The van der Waals surface area contributed by atoms with E-state index in [1.165, 1.54) is 0 Å². The van der Waals surface area contributed by atoms with Crippen LogP contribution in [-0.2, 0) is 28.6 Å². The quantitative estimate of drug-likeness (QED) is 0.357. The number of imide groups is 3. The van der Waals surface area contributed by atoms with E-state index < -0.39 is 23.5 Å². The van der Waals surface area contributed by atoms with Crippen LogP contribution in [0.3, 0.4) is 0 Å². The van der Waals surface area contributed by atoms with Gasteiger partial charge in [0.15, 0.2) is 5.79 Å². The van der Waals surface area contributed by atoms with Crippen LogP contribution in [0.1, 0.15) is 39.5 Å². The van der Waals surface area contributed by atoms with Crippen molar-refractivity contribution in [3.05, 3.63) is 0 Å². The Morgan fingerprint density at radius 1 is 1.10 bits per heavy atom.